The quantitative estimate of drug-likeness (QED) is 0.517. The molecule has 0 amide bonds. The number of aromatic amines is 1. The highest BCUT2D eigenvalue weighted by atomic mass is 16.5. The number of benzene rings is 3. The molecule has 0 aliphatic carbocycles. The van der Waals surface area contributed by atoms with Crippen LogP contribution in [0.1, 0.15) is 28.4 Å². The number of fused-ring (bicyclic) bond motifs is 4. The first kappa shape index (κ1) is 18.7. The molecule has 1 aromatic heterocycles. The molecule has 4 aromatic rings. The van der Waals surface area contributed by atoms with Crippen molar-refractivity contribution in [1.29, 1.82) is 0 Å². The van der Waals surface area contributed by atoms with Crippen LogP contribution in [0.4, 0.5) is 0 Å². The fourth-order valence-corrected chi connectivity index (χ4v) is 5.46. The second kappa shape index (κ2) is 7.56. The zero-order valence-corrected chi connectivity index (χ0v) is 17.8. The standard InChI is InChI=1S/C27H27N3O/c1-31-22-13-11-20(12-14-22)27-26-24(23-9-5-6-10-25(23)28-26)15-21-17-29(18-30(21)27)16-19-7-3-2-4-8-19/h2-14,21,27-28H,15-18H2,1H3/t21-,27+/m1/s1. The molecule has 31 heavy (non-hydrogen) atoms. The molecule has 1 N–H and O–H groups in total. The van der Waals surface area contributed by atoms with Crippen LogP contribution in [-0.4, -0.2) is 41.1 Å². The monoisotopic (exact) mass is 409 g/mol. The molecule has 4 heteroatoms. The van der Waals surface area contributed by atoms with Crippen LogP contribution >= 0.6 is 0 Å². The highest BCUT2D eigenvalue weighted by Gasteiger charge is 2.42. The number of aromatic nitrogens is 1. The lowest BCUT2D eigenvalue weighted by Gasteiger charge is -2.37. The van der Waals surface area contributed by atoms with Crippen LogP contribution < -0.4 is 4.74 Å². The lowest BCUT2D eigenvalue weighted by molar-refractivity contribution is 0.166. The average Bonchev–Trinajstić information content (AvgIpc) is 3.38. The molecular weight excluding hydrogens is 382 g/mol. The van der Waals surface area contributed by atoms with Crippen molar-refractivity contribution in [3.05, 3.63) is 101 Å². The van der Waals surface area contributed by atoms with Gasteiger partial charge in [0.2, 0.25) is 0 Å². The third-order valence-corrected chi connectivity index (χ3v) is 6.87. The second-order valence-corrected chi connectivity index (χ2v) is 8.75. The van der Waals surface area contributed by atoms with E-state index < -0.39 is 0 Å². The van der Waals surface area contributed by atoms with Gasteiger partial charge in [-0.25, -0.2) is 0 Å². The number of rotatable bonds is 4. The van der Waals surface area contributed by atoms with Gasteiger partial charge in [0.1, 0.15) is 5.75 Å². The van der Waals surface area contributed by atoms with Crippen molar-refractivity contribution in [1.82, 2.24) is 14.8 Å². The van der Waals surface area contributed by atoms with Gasteiger partial charge in [0.25, 0.3) is 0 Å². The molecule has 1 saturated heterocycles. The molecule has 2 atom stereocenters. The summed E-state index contributed by atoms with van der Waals surface area (Å²) in [6, 6.07) is 28.9. The summed E-state index contributed by atoms with van der Waals surface area (Å²) in [5, 5.41) is 1.37. The summed E-state index contributed by atoms with van der Waals surface area (Å²) in [7, 11) is 1.73. The largest absolute Gasteiger partial charge is 0.497 e. The third-order valence-electron chi connectivity index (χ3n) is 6.87. The summed E-state index contributed by atoms with van der Waals surface area (Å²) in [5.41, 5.74) is 6.78. The topological polar surface area (TPSA) is 31.5 Å². The van der Waals surface area contributed by atoms with E-state index in [1.54, 1.807) is 7.11 Å². The van der Waals surface area contributed by atoms with E-state index in [9.17, 15) is 0 Å². The van der Waals surface area contributed by atoms with Gasteiger partial charge in [0.15, 0.2) is 0 Å². The summed E-state index contributed by atoms with van der Waals surface area (Å²) < 4.78 is 5.41. The number of hydrogen-bond donors (Lipinski definition) is 1. The summed E-state index contributed by atoms with van der Waals surface area (Å²) in [6.45, 7) is 3.07. The van der Waals surface area contributed by atoms with E-state index >= 15 is 0 Å². The third kappa shape index (κ3) is 3.23. The maximum atomic E-state index is 5.41. The van der Waals surface area contributed by atoms with Gasteiger partial charge in [-0.1, -0.05) is 60.7 Å². The van der Waals surface area contributed by atoms with Crippen molar-refractivity contribution in [2.45, 2.75) is 25.0 Å². The lowest BCUT2D eigenvalue weighted by Crippen LogP contribution is -2.41. The summed E-state index contributed by atoms with van der Waals surface area (Å²) >= 11 is 0. The predicted octanol–water partition coefficient (Wildman–Crippen LogP) is 4.97. The maximum Gasteiger partial charge on any atom is 0.118 e. The fraction of sp³-hybridized carbons (Fsp3) is 0.259. The highest BCUT2D eigenvalue weighted by molar-refractivity contribution is 5.85. The maximum absolute atomic E-state index is 5.41. The van der Waals surface area contributed by atoms with E-state index in [0.717, 1.165) is 31.9 Å². The highest BCUT2D eigenvalue weighted by Crippen LogP contribution is 2.43. The smallest absolute Gasteiger partial charge is 0.118 e. The van der Waals surface area contributed by atoms with Gasteiger partial charge in [-0.3, -0.25) is 9.80 Å². The van der Waals surface area contributed by atoms with Crippen LogP contribution in [0.5, 0.6) is 5.75 Å². The predicted molar refractivity (Wildman–Crippen MR) is 124 cm³/mol. The zero-order chi connectivity index (χ0) is 20.8. The molecule has 6 rings (SSSR count). The first-order valence-corrected chi connectivity index (χ1v) is 11.1. The molecule has 0 radical (unpaired) electrons. The Morgan fingerprint density at radius 3 is 2.52 bits per heavy atom. The van der Waals surface area contributed by atoms with Crippen molar-refractivity contribution in [2.24, 2.45) is 0 Å². The van der Waals surface area contributed by atoms with Gasteiger partial charge in [-0.05, 0) is 41.3 Å². The van der Waals surface area contributed by atoms with E-state index in [1.807, 2.05) is 0 Å². The molecule has 0 saturated carbocycles. The van der Waals surface area contributed by atoms with E-state index in [2.05, 4.69) is 93.6 Å². The normalized spacial score (nSPS) is 21.2. The Hall–Kier alpha value is -3.08. The van der Waals surface area contributed by atoms with E-state index in [0.29, 0.717) is 6.04 Å². The first-order valence-electron chi connectivity index (χ1n) is 11.1. The number of ether oxygens (including phenoxy) is 1. The Morgan fingerprint density at radius 2 is 1.71 bits per heavy atom. The fourth-order valence-electron chi connectivity index (χ4n) is 5.46. The van der Waals surface area contributed by atoms with Gasteiger partial charge in [0.05, 0.1) is 19.8 Å². The van der Waals surface area contributed by atoms with Crippen LogP contribution in [0.2, 0.25) is 0 Å². The second-order valence-electron chi connectivity index (χ2n) is 8.75. The molecule has 2 aliphatic rings. The Kier molecular flexibility index (Phi) is 4.55. The van der Waals surface area contributed by atoms with Crippen molar-refractivity contribution in [3.8, 4) is 5.75 Å². The molecule has 4 nitrogen and oxygen atoms in total. The molecule has 1 fully saturated rings. The first-order chi connectivity index (χ1) is 15.3. The molecule has 3 aromatic carbocycles. The molecule has 156 valence electrons. The van der Waals surface area contributed by atoms with Crippen molar-refractivity contribution < 1.29 is 4.74 Å². The average molecular weight is 410 g/mol. The van der Waals surface area contributed by atoms with Crippen LogP contribution in [-0.2, 0) is 13.0 Å². The number of nitrogens with zero attached hydrogens (tertiary/aromatic N) is 2. The van der Waals surface area contributed by atoms with Crippen LogP contribution in [0.15, 0.2) is 78.9 Å². The molecule has 2 aliphatic heterocycles. The van der Waals surface area contributed by atoms with E-state index in [1.165, 1.54) is 33.3 Å². The summed E-state index contributed by atoms with van der Waals surface area (Å²) in [5.74, 6) is 0.903. The van der Waals surface area contributed by atoms with Gasteiger partial charge < -0.3 is 9.72 Å². The minimum absolute atomic E-state index is 0.229. The van der Waals surface area contributed by atoms with Gasteiger partial charge >= 0.3 is 0 Å². The number of para-hydroxylation sites is 1. The van der Waals surface area contributed by atoms with Crippen LogP contribution in [0, 0.1) is 0 Å². The summed E-state index contributed by atoms with van der Waals surface area (Å²) in [4.78, 5) is 9.05. The minimum Gasteiger partial charge on any atom is -0.497 e. The van der Waals surface area contributed by atoms with E-state index in [4.69, 9.17) is 4.74 Å². The van der Waals surface area contributed by atoms with Crippen molar-refractivity contribution in [2.75, 3.05) is 20.3 Å². The van der Waals surface area contributed by atoms with Crippen molar-refractivity contribution >= 4 is 10.9 Å². The van der Waals surface area contributed by atoms with Gasteiger partial charge in [-0.15, -0.1) is 0 Å². The SMILES string of the molecule is COc1ccc([C@H]2c3[nH]c4ccccc4c3C[C@@H]3CN(Cc4ccccc4)CN32)cc1. The van der Waals surface area contributed by atoms with E-state index in [-0.39, 0.29) is 6.04 Å². The van der Waals surface area contributed by atoms with Crippen LogP contribution in [0.3, 0.4) is 0 Å². The Morgan fingerprint density at radius 1 is 0.935 bits per heavy atom. The Balaban J connectivity index is 1.40. The minimum atomic E-state index is 0.229. The van der Waals surface area contributed by atoms with Crippen LogP contribution in [0.25, 0.3) is 10.9 Å². The molecule has 0 bridgehead atoms. The molecule has 3 heterocycles. The number of hydrogen-bond acceptors (Lipinski definition) is 3. The number of nitrogens with one attached hydrogen (secondary N) is 1. The van der Waals surface area contributed by atoms with Crippen molar-refractivity contribution in [3.63, 3.8) is 0 Å². The Bertz CT molecular complexity index is 1200. The van der Waals surface area contributed by atoms with Gasteiger partial charge in [-0.2, -0.15) is 0 Å². The molecule has 0 unspecified atom stereocenters. The lowest BCUT2D eigenvalue weighted by atomic mass is 9.89. The number of H-pyrrole nitrogens is 1. The molecule has 0 spiro atoms. The number of methoxy groups -OCH3 is 1. The Labute approximate surface area is 183 Å². The summed E-state index contributed by atoms with van der Waals surface area (Å²) in [6.07, 6.45) is 1.09. The zero-order valence-electron chi connectivity index (χ0n) is 17.8. The van der Waals surface area contributed by atoms with Gasteiger partial charge in [0, 0.05) is 35.7 Å². The molecular formula is C27H27N3O.